The number of nitrogens with zero attached hydrogens (tertiary/aromatic N) is 3. The first-order chi connectivity index (χ1) is 10.6. The normalized spacial score (nSPS) is 22.8. The van der Waals surface area contributed by atoms with E-state index >= 15 is 0 Å². The topological polar surface area (TPSA) is 69.0 Å². The minimum Gasteiger partial charge on any atom is -0.473 e. The number of carbonyl (C=O) groups is 1. The minimum absolute atomic E-state index is 0.0565. The van der Waals surface area contributed by atoms with E-state index in [9.17, 15) is 4.79 Å². The van der Waals surface area contributed by atoms with Crippen molar-refractivity contribution in [2.45, 2.75) is 45.3 Å². The molecule has 2 aromatic rings. The van der Waals surface area contributed by atoms with Gasteiger partial charge in [-0.25, -0.2) is 9.97 Å². The Hall–Kier alpha value is -2.11. The first-order valence-electron chi connectivity index (χ1n) is 7.89. The van der Waals surface area contributed by atoms with E-state index in [0.717, 1.165) is 16.7 Å². The predicted octanol–water partition coefficient (Wildman–Crippen LogP) is 1.98. The van der Waals surface area contributed by atoms with Gasteiger partial charge >= 0.3 is 0 Å². The third kappa shape index (κ3) is 2.32. The van der Waals surface area contributed by atoms with Gasteiger partial charge < -0.3 is 14.6 Å². The van der Waals surface area contributed by atoms with Gasteiger partial charge in [-0.15, -0.1) is 0 Å². The zero-order chi connectivity index (χ0) is 15.3. The summed E-state index contributed by atoms with van der Waals surface area (Å²) in [5.41, 5.74) is 2.82. The monoisotopic (exact) mass is 300 g/mol. The SMILES string of the molecule is Cc1cc2ncn(C3CC3)c2c(O[C@H](C)[C@H]2CNC(=O)C2)n1. The Morgan fingerprint density at radius 3 is 2.95 bits per heavy atom. The number of carbonyl (C=O) groups excluding carboxylic acids is 1. The maximum absolute atomic E-state index is 11.4. The molecule has 4 rings (SSSR count). The molecule has 6 heteroatoms. The molecule has 0 spiro atoms. The van der Waals surface area contributed by atoms with Crippen LogP contribution in [0.4, 0.5) is 0 Å². The summed E-state index contributed by atoms with van der Waals surface area (Å²) in [4.78, 5) is 20.5. The zero-order valence-electron chi connectivity index (χ0n) is 12.9. The molecule has 1 aliphatic heterocycles. The van der Waals surface area contributed by atoms with Crippen LogP contribution in [0.3, 0.4) is 0 Å². The average molecular weight is 300 g/mol. The van der Waals surface area contributed by atoms with Crippen LogP contribution in [0.25, 0.3) is 11.0 Å². The number of amides is 1. The lowest BCUT2D eigenvalue weighted by Gasteiger charge is -2.20. The van der Waals surface area contributed by atoms with Crippen LogP contribution in [0.5, 0.6) is 5.88 Å². The van der Waals surface area contributed by atoms with E-state index in [2.05, 4.69) is 19.9 Å². The summed E-state index contributed by atoms with van der Waals surface area (Å²) < 4.78 is 8.34. The van der Waals surface area contributed by atoms with Gasteiger partial charge in [-0.05, 0) is 32.8 Å². The van der Waals surface area contributed by atoms with Crippen molar-refractivity contribution in [3.05, 3.63) is 18.1 Å². The second kappa shape index (κ2) is 4.97. The largest absolute Gasteiger partial charge is 0.473 e. The fourth-order valence-corrected chi connectivity index (χ4v) is 3.09. The van der Waals surface area contributed by atoms with Gasteiger partial charge in [-0.2, -0.15) is 0 Å². The van der Waals surface area contributed by atoms with Crippen LogP contribution in [0.15, 0.2) is 12.4 Å². The fraction of sp³-hybridized carbons (Fsp3) is 0.562. The molecule has 1 saturated heterocycles. The maximum Gasteiger partial charge on any atom is 0.240 e. The molecule has 1 aliphatic carbocycles. The molecule has 2 aromatic heterocycles. The molecule has 1 N–H and O–H groups in total. The van der Waals surface area contributed by atoms with E-state index in [1.54, 1.807) is 0 Å². The van der Waals surface area contributed by atoms with Gasteiger partial charge in [0.15, 0.2) is 0 Å². The van der Waals surface area contributed by atoms with Gasteiger partial charge in [-0.1, -0.05) is 0 Å². The molecule has 116 valence electrons. The fourth-order valence-electron chi connectivity index (χ4n) is 3.09. The Morgan fingerprint density at radius 1 is 1.45 bits per heavy atom. The third-order valence-electron chi connectivity index (χ3n) is 4.56. The zero-order valence-corrected chi connectivity index (χ0v) is 12.9. The molecular weight excluding hydrogens is 280 g/mol. The number of imidazole rings is 1. The van der Waals surface area contributed by atoms with Gasteiger partial charge in [0.25, 0.3) is 0 Å². The molecular formula is C16H20N4O2. The number of hydrogen-bond donors (Lipinski definition) is 1. The van der Waals surface area contributed by atoms with Gasteiger partial charge in [0.1, 0.15) is 11.6 Å². The van der Waals surface area contributed by atoms with E-state index < -0.39 is 0 Å². The molecule has 0 bridgehead atoms. The smallest absolute Gasteiger partial charge is 0.240 e. The second-order valence-corrected chi connectivity index (χ2v) is 6.41. The molecule has 0 unspecified atom stereocenters. The van der Waals surface area contributed by atoms with E-state index in [1.165, 1.54) is 12.8 Å². The van der Waals surface area contributed by atoms with Crippen LogP contribution in [0.1, 0.15) is 37.9 Å². The molecule has 3 heterocycles. The molecule has 6 nitrogen and oxygen atoms in total. The van der Waals surface area contributed by atoms with Crippen LogP contribution >= 0.6 is 0 Å². The van der Waals surface area contributed by atoms with Crippen molar-refractivity contribution in [3.63, 3.8) is 0 Å². The second-order valence-electron chi connectivity index (χ2n) is 6.41. The van der Waals surface area contributed by atoms with Crippen molar-refractivity contribution in [1.82, 2.24) is 19.9 Å². The number of fused-ring (bicyclic) bond motifs is 1. The molecule has 22 heavy (non-hydrogen) atoms. The molecule has 0 aromatic carbocycles. The van der Waals surface area contributed by atoms with Gasteiger partial charge in [-0.3, -0.25) is 4.79 Å². The van der Waals surface area contributed by atoms with Crippen molar-refractivity contribution in [2.75, 3.05) is 6.54 Å². The van der Waals surface area contributed by atoms with Crippen LogP contribution in [0, 0.1) is 12.8 Å². The third-order valence-corrected chi connectivity index (χ3v) is 4.56. The molecule has 1 saturated carbocycles. The highest BCUT2D eigenvalue weighted by Crippen LogP contribution is 2.39. The summed E-state index contributed by atoms with van der Waals surface area (Å²) >= 11 is 0. The first kappa shape index (κ1) is 13.5. The highest BCUT2D eigenvalue weighted by molar-refractivity contribution is 5.81. The minimum atomic E-state index is -0.0565. The Labute approximate surface area is 128 Å². The lowest BCUT2D eigenvalue weighted by Crippen LogP contribution is -2.26. The summed E-state index contributed by atoms with van der Waals surface area (Å²) in [5.74, 6) is 0.944. The lowest BCUT2D eigenvalue weighted by atomic mass is 10.0. The summed E-state index contributed by atoms with van der Waals surface area (Å²) in [5, 5.41) is 2.86. The Morgan fingerprint density at radius 2 is 2.27 bits per heavy atom. The molecule has 1 amide bonds. The number of rotatable bonds is 4. The highest BCUT2D eigenvalue weighted by atomic mass is 16.5. The van der Waals surface area contributed by atoms with Crippen molar-refractivity contribution in [2.24, 2.45) is 5.92 Å². The number of hydrogen-bond acceptors (Lipinski definition) is 4. The van der Waals surface area contributed by atoms with Crippen LogP contribution in [0.2, 0.25) is 0 Å². The highest BCUT2D eigenvalue weighted by Gasteiger charge is 2.30. The predicted molar refractivity (Wildman–Crippen MR) is 81.7 cm³/mol. The molecule has 2 fully saturated rings. The standard InChI is InChI=1S/C16H20N4O2/c1-9-5-13-15(20(8-18-13)12-3-4-12)16(19-9)22-10(2)11-6-14(21)17-7-11/h5,8,10-12H,3-4,6-7H2,1-2H3,(H,17,21)/t10-,11-/m1/s1. The molecule has 2 atom stereocenters. The Kier molecular flexibility index (Phi) is 3.06. The number of pyridine rings is 1. The Balaban J connectivity index is 1.67. The van der Waals surface area contributed by atoms with E-state index in [-0.39, 0.29) is 17.9 Å². The Bertz CT molecular complexity index is 735. The van der Waals surface area contributed by atoms with Crippen LogP contribution in [-0.2, 0) is 4.79 Å². The van der Waals surface area contributed by atoms with Gasteiger partial charge in [0.2, 0.25) is 11.8 Å². The number of nitrogens with one attached hydrogen (secondary N) is 1. The van der Waals surface area contributed by atoms with Crippen molar-refractivity contribution in [3.8, 4) is 5.88 Å². The summed E-state index contributed by atoms with van der Waals surface area (Å²) in [6.07, 6.45) is 4.74. The van der Waals surface area contributed by atoms with Crippen LogP contribution in [-0.4, -0.2) is 33.1 Å². The van der Waals surface area contributed by atoms with E-state index in [1.807, 2.05) is 26.2 Å². The number of aromatic nitrogens is 3. The van der Waals surface area contributed by atoms with Crippen molar-refractivity contribution in [1.29, 1.82) is 0 Å². The van der Waals surface area contributed by atoms with Crippen molar-refractivity contribution >= 4 is 16.9 Å². The average Bonchev–Trinajstić information content (AvgIpc) is 3.08. The molecule has 0 radical (unpaired) electrons. The van der Waals surface area contributed by atoms with Gasteiger partial charge in [0.05, 0.1) is 11.8 Å². The molecule has 2 aliphatic rings. The van der Waals surface area contributed by atoms with Gasteiger partial charge in [0, 0.05) is 30.6 Å². The lowest BCUT2D eigenvalue weighted by molar-refractivity contribution is -0.119. The summed E-state index contributed by atoms with van der Waals surface area (Å²) in [6.45, 7) is 4.64. The first-order valence-corrected chi connectivity index (χ1v) is 7.89. The number of aryl methyl sites for hydroxylation is 1. The maximum atomic E-state index is 11.4. The quantitative estimate of drug-likeness (QED) is 0.937. The van der Waals surface area contributed by atoms with E-state index in [0.29, 0.717) is 24.9 Å². The van der Waals surface area contributed by atoms with Crippen molar-refractivity contribution < 1.29 is 9.53 Å². The number of ether oxygens (including phenoxy) is 1. The summed E-state index contributed by atoms with van der Waals surface area (Å²) in [7, 11) is 0. The van der Waals surface area contributed by atoms with E-state index in [4.69, 9.17) is 4.74 Å². The summed E-state index contributed by atoms with van der Waals surface area (Å²) in [6, 6.07) is 2.52. The van der Waals surface area contributed by atoms with Crippen LogP contribution < -0.4 is 10.1 Å².